The lowest BCUT2D eigenvalue weighted by Gasteiger charge is -2.06. The molecule has 1 N–H and O–H groups in total. The Hall–Kier alpha value is -2.53. The van der Waals surface area contributed by atoms with Crippen molar-refractivity contribution in [2.45, 2.75) is 6.54 Å². The summed E-state index contributed by atoms with van der Waals surface area (Å²) in [6.45, 7) is 0.714. The minimum atomic E-state index is -0.0601. The van der Waals surface area contributed by atoms with Crippen LogP contribution in [0.15, 0.2) is 47.8 Å². The highest BCUT2D eigenvalue weighted by Crippen LogP contribution is 2.32. The smallest absolute Gasteiger partial charge is 0.253 e. The van der Waals surface area contributed by atoms with Gasteiger partial charge in [-0.3, -0.25) is 4.79 Å². The van der Waals surface area contributed by atoms with Crippen molar-refractivity contribution in [2.75, 3.05) is 6.79 Å². The zero-order chi connectivity index (χ0) is 14.9. The Labute approximate surface area is 131 Å². The topological polar surface area (TPSA) is 47.6 Å². The Bertz CT molecular complexity index is 856. The third-order valence-corrected chi connectivity index (χ3v) is 4.58. The highest BCUT2D eigenvalue weighted by Gasteiger charge is 2.15. The lowest BCUT2D eigenvalue weighted by molar-refractivity contribution is 0.0953. The molecule has 2 aromatic carbocycles. The van der Waals surface area contributed by atoms with Crippen molar-refractivity contribution >= 4 is 27.3 Å². The molecule has 22 heavy (non-hydrogen) atoms. The summed E-state index contributed by atoms with van der Waals surface area (Å²) in [4.78, 5) is 12.4. The molecule has 1 aliphatic heterocycles. The number of benzene rings is 2. The number of ether oxygens (including phenoxy) is 2. The lowest BCUT2D eigenvalue weighted by Crippen LogP contribution is -2.22. The molecule has 4 rings (SSSR count). The summed E-state index contributed by atoms with van der Waals surface area (Å²) in [6.07, 6.45) is 0. The Morgan fingerprint density at radius 3 is 2.95 bits per heavy atom. The van der Waals surface area contributed by atoms with Gasteiger partial charge in [0.05, 0.1) is 5.56 Å². The van der Waals surface area contributed by atoms with Crippen LogP contribution in [0.25, 0.3) is 10.1 Å². The number of rotatable bonds is 3. The summed E-state index contributed by atoms with van der Waals surface area (Å²) in [5.74, 6) is 1.42. The van der Waals surface area contributed by atoms with Crippen molar-refractivity contribution in [3.05, 3.63) is 59.0 Å². The van der Waals surface area contributed by atoms with Gasteiger partial charge in [-0.2, -0.15) is 0 Å². The van der Waals surface area contributed by atoms with E-state index in [9.17, 15) is 4.79 Å². The predicted molar refractivity (Wildman–Crippen MR) is 85.6 cm³/mol. The second-order valence-electron chi connectivity index (χ2n) is 5.02. The van der Waals surface area contributed by atoms with Gasteiger partial charge in [-0.25, -0.2) is 0 Å². The monoisotopic (exact) mass is 311 g/mol. The molecule has 1 aromatic heterocycles. The van der Waals surface area contributed by atoms with Crippen LogP contribution in [0.4, 0.5) is 0 Å². The van der Waals surface area contributed by atoms with Crippen molar-refractivity contribution in [1.82, 2.24) is 5.32 Å². The fourth-order valence-corrected chi connectivity index (χ4v) is 3.42. The molecule has 110 valence electrons. The zero-order valence-corrected chi connectivity index (χ0v) is 12.5. The lowest BCUT2D eigenvalue weighted by atomic mass is 10.1. The molecule has 0 unspecified atom stereocenters. The molecule has 0 atom stereocenters. The van der Waals surface area contributed by atoms with E-state index in [2.05, 4.69) is 5.32 Å². The SMILES string of the molecule is O=C(NCc1ccc2c(c1)OCO2)c1csc2ccccc12. The first kappa shape index (κ1) is 13.2. The average molecular weight is 311 g/mol. The number of carbonyl (C=O) groups excluding carboxylic acids is 1. The van der Waals surface area contributed by atoms with Gasteiger partial charge >= 0.3 is 0 Å². The van der Waals surface area contributed by atoms with Gasteiger partial charge in [0.25, 0.3) is 5.91 Å². The van der Waals surface area contributed by atoms with Crippen LogP contribution in [0.5, 0.6) is 11.5 Å². The number of carbonyl (C=O) groups is 1. The van der Waals surface area contributed by atoms with Gasteiger partial charge in [-0.1, -0.05) is 24.3 Å². The van der Waals surface area contributed by atoms with Crippen LogP contribution in [0.2, 0.25) is 0 Å². The van der Waals surface area contributed by atoms with E-state index in [0.29, 0.717) is 6.54 Å². The molecule has 1 aliphatic rings. The molecule has 0 fully saturated rings. The van der Waals surface area contributed by atoms with Crippen LogP contribution in [0, 0.1) is 0 Å². The molecule has 4 nitrogen and oxygen atoms in total. The maximum absolute atomic E-state index is 12.4. The van der Waals surface area contributed by atoms with Crippen LogP contribution in [-0.4, -0.2) is 12.7 Å². The van der Waals surface area contributed by atoms with E-state index in [4.69, 9.17) is 9.47 Å². The molecule has 0 radical (unpaired) electrons. The summed E-state index contributed by atoms with van der Waals surface area (Å²) in [5, 5.41) is 5.85. The average Bonchev–Trinajstić information content (AvgIpc) is 3.18. The van der Waals surface area contributed by atoms with E-state index in [0.717, 1.165) is 32.7 Å². The van der Waals surface area contributed by atoms with Crippen molar-refractivity contribution in [1.29, 1.82) is 0 Å². The third kappa shape index (κ3) is 2.29. The number of hydrogen-bond acceptors (Lipinski definition) is 4. The summed E-state index contributed by atoms with van der Waals surface area (Å²) < 4.78 is 11.7. The van der Waals surface area contributed by atoms with Crippen molar-refractivity contribution < 1.29 is 14.3 Å². The molecule has 3 aromatic rings. The number of amides is 1. The molecular weight excluding hydrogens is 298 g/mol. The van der Waals surface area contributed by atoms with Crippen LogP contribution < -0.4 is 14.8 Å². The Balaban J connectivity index is 1.50. The first-order valence-corrected chi connectivity index (χ1v) is 7.82. The van der Waals surface area contributed by atoms with Gasteiger partial charge in [-0.15, -0.1) is 11.3 Å². The molecule has 0 bridgehead atoms. The van der Waals surface area contributed by atoms with Gasteiger partial charge in [0.15, 0.2) is 11.5 Å². The summed E-state index contributed by atoms with van der Waals surface area (Å²) in [7, 11) is 0. The van der Waals surface area contributed by atoms with Gasteiger partial charge in [0.2, 0.25) is 6.79 Å². The van der Waals surface area contributed by atoms with Crippen LogP contribution in [-0.2, 0) is 6.54 Å². The minimum Gasteiger partial charge on any atom is -0.454 e. The first-order chi connectivity index (χ1) is 10.8. The minimum absolute atomic E-state index is 0.0601. The van der Waals surface area contributed by atoms with Crippen LogP contribution >= 0.6 is 11.3 Å². The maximum atomic E-state index is 12.4. The molecule has 0 aliphatic carbocycles. The quantitative estimate of drug-likeness (QED) is 0.804. The molecule has 0 saturated carbocycles. The van der Waals surface area contributed by atoms with Crippen LogP contribution in [0.1, 0.15) is 15.9 Å². The van der Waals surface area contributed by atoms with E-state index < -0.39 is 0 Å². The standard InChI is InChI=1S/C17H13NO3S/c19-17(13-9-22-16-4-2-1-3-12(13)16)18-8-11-5-6-14-15(7-11)21-10-20-14/h1-7,9H,8,10H2,(H,18,19). The van der Waals surface area contributed by atoms with E-state index in [-0.39, 0.29) is 12.7 Å². The summed E-state index contributed by atoms with van der Waals surface area (Å²) >= 11 is 1.58. The van der Waals surface area contributed by atoms with Crippen molar-refractivity contribution in [3.63, 3.8) is 0 Å². The van der Waals surface area contributed by atoms with E-state index >= 15 is 0 Å². The van der Waals surface area contributed by atoms with Gasteiger partial charge in [0.1, 0.15) is 0 Å². The van der Waals surface area contributed by atoms with Gasteiger partial charge in [-0.05, 0) is 23.8 Å². The summed E-state index contributed by atoms with van der Waals surface area (Å²) in [6, 6.07) is 13.6. The highest BCUT2D eigenvalue weighted by atomic mass is 32.1. The Kier molecular flexibility index (Phi) is 3.20. The maximum Gasteiger partial charge on any atom is 0.253 e. The van der Waals surface area contributed by atoms with E-state index in [1.54, 1.807) is 11.3 Å². The number of nitrogens with one attached hydrogen (secondary N) is 1. The normalized spacial score (nSPS) is 12.5. The molecule has 2 heterocycles. The number of thiophene rings is 1. The number of hydrogen-bond donors (Lipinski definition) is 1. The fourth-order valence-electron chi connectivity index (χ4n) is 2.48. The van der Waals surface area contributed by atoms with Gasteiger partial charge < -0.3 is 14.8 Å². The Morgan fingerprint density at radius 1 is 1.14 bits per heavy atom. The van der Waals surface area contributed by atoms with Crippen molar-refractivity contribution in [3.8, 4) is 11.5 Å². The summed E-state index contributed by atoms with van der Waals surface area (Å²) in [5.41, 5.74) is 1.71. The molecule has 0 spiro atoms. The predicted octanol–water partition coefficient (Wildman–Crippen LogP) is 3.56. The molecular formula is C17H13NO3S. The third-order valence-electron chi connectivity index (χ3n) is 3.62. The highest BCUT2D eigenvalue weighted by molar-refractivity contribution is 7.17. The van der Waals surface area contributed by atoms with Crippen molar-refractivity contribution in [2.24, 2.45) is 0 Å². The Morgan fingerprint density at radius 2 is 2.00 bits per heavy atom. The fraction of sp³-hybridized carbons (Fsp3) is 0.118. The van der Waals surface area contributed by atoms with E-state index in [1.165, 1.54) is 0 Å². The molecule has 5 heteroatoms. The van der Waals surface area contributed by atoms with Gasteiger partial charge in [0, 0.05) is 22.0 Å². The largest absolute Gasteiger partial charge is 0.454 e. The number of fused-ring (bicyclic) bond motifs is 2. The second-order valence-corrected chi connectivity index (χ2v) is 5.93. The van der Waals surface area contributed by atoms with E-state index in [1.807, 2.05) is 47.8 Å². The van der Waals surface area contributed by atoms with Crippen LogP contribution in [0.3, 0.4) is 0 Å². The second kappa shape index (κ2) is 5.35. The first-order valence-electron chi connectivity index (χ1n) is 6.94. The molecule has 1 amide bonds. The molecule has 0 saturated heterocycles. The zero-order valence-electron chi connectivity index (χ0n) is 11.7.